The number of pyridine rings is 1. The summed E-state index contributed by atoms with van der Waals surface area (Å²) in [5.41, 5.74) is 0.511. The molecular weight excluding hydrogens is 454 g/mol. The van der Waals surface area contributed by atoms with Gasteiger partial charge in [-0.15, -0.1) is 0 Å². The minimum atomic E-state index is -4.48. The fourth-order valence-electron chi connectivity index (χ4n) is 3.48. The molecule has 2 heterocycles. The summed E-state index contributed by atoms with van der Waals surface area (Å²) < 4.78 is 63.5. The van der Waals surface area contributed by atoms with Crippen molar-refractivity contribution in [3.05, 3.63) is 77.7 Å². The number of benzene rings is 2. The number of halogens is 4. The normalized spacial score (nSPS) is 15.9. The standard InChI is InChI=1S/C24H21F4N3O3/c1-30(22-10-5-16(13-29-22)24(26,27)28)17-6-9-21(20(25)12-17)34-19-7-3-15(4-8-19)11-18-14-33-23(32)31(18)2/h3-10,12-13,18H,11,14H2,1-2H3. The minimum Gasteiger partial charge on any atom is -0.454 e. The Morgan fingerprint density at radius 2 is 1.88 bits per heavy atom. The number of rotatable bonds is 6. The first-order valence-electron chi connectivity index (χ1n) is 10.3. The molecule has 0 saturated carbocycles. The smallest absolute Gasteiger partial charge is 0.417 e. The van der Waals surface area contributed by atoms with Crippen LogP contribution >= 0.6 is 0 Å². The molecule has 0 N–H and O–H groups in total. The van der Waals surface area contributed by atoms with E-state index in [0.717, 1.165) is 17.8 Å². The van der Waals surface area contributed by atoms with Crippen molar-refractivity contribution in [2.75, 3.05) is 25.6 Å². The molecule has 0 spiro atoms. The van der Waals surface area contributed by atoms with E-state index in [2.05, 4.69) is 4.98 Å². The van der Waals surface area contributed by atoms with Gasteiger partial charge in [0, 0.05) is 32.0 Å². The van der Waals surface area contributed by atoms with Crippen molar-refractivity contribution in [3.8, 4) is 11.5 Å². The monoisotopic (exact) mass is 475 g/mol. The van der Waals surface area contributed by atoms with Gasteiger partial charge in [0.2, 0.25) is 0 Å². The molecule has 1 aromatic heterocycles. The minimum absolute atomic E-state index is 0.000184. The van der Waals surface area contributed by atoms with E-state index >= 15 is 0 Å². The molecule has 6 nitrogen and oxygen atoms in total. The number of alkyl halides is 3. The van der Waals surface area contributed by atoms with Crippen LogP contribution in [0.4, 0.5) is 33.9 Å². The third kappa shape index (κ3) is 5.05. The first-order chi connectivity index (χ1) is 16.1. The molecule has 34 heavy (non-hydrogen) atoms. The van der Waals surface area contributed by atoms with Crippen LogP contribution in [0.5, 0.6) is 11.5 Å². The Kier molecular flexibility index (Phi) is 6.32. The number of likely N-dealkylation sites (N-methyl/N-ethyl adjacent to an activating group) is 1. The molecule has 1 fully saturated rings. The van der Waals surface area contributed by atoms with Crippen LogP contribution in [0.3, 0.4) is 0 Å². The van der Waals surface area contributed by atoms with E-state index < -0.39 is 17.6 Å². The fourth-order valence-corrected chi connectivity index (χ4v) is 3.48. The van der Waals surface area contributed by atoms with Crippen LogP contribution in [-0.2, 0) is 17.3 Å². The molecule has 2 aromatic carbocycles. The molecule has 10 heteroatoms. The number of aromatic nitrogens is 1. The molecule has 0 bridgehead atoms. The zero-order chi connectivity index (χ0) is 24.5. The number of hydrogen-bond acceptors (Lipinski definition) is 5. The number of carbonyl (C=O) groups excluding carboxylic acids is 1. The van der Waals surface area contributed by atoms with Crippen LogP contribution in [0.1, 0.15) is 11.1 Å². The fraction of sp³-hybridized carbons (Fsp3) is 0.250. The van der Waals surface area contributed by atoms with Crippen LogP contribution in [0.25, 0.3) is 0 Å². The summed E-state index contributed by atoms with van der Waals surface area (Å²) in [6.45, 7) is 0.335. The topological polar surface area (TPSA) is 54.9 Å². The van der Waals surface area contributed by atoms with Crippen molar-refractivity contribution in [2.45, 2.75) is 18.6 Å². The molecule has 1 unspecified atom stereocenters. The number of anilines is 2. The molecule has 0 aliphatic carbocycles. The van der Waals surface area contributed by atoms with E-state index in [1.165, 1.54) is 23.1 Å². The summed E-state index contributed by atoms with van der Waals surface area (Å²) in [6, 6.07) is 13.4. The van der Waals surface area contributed by atoms with Crippen molar-refractivity contribution >= 4 is 17.6 Å². The molecule has 1 amide bonds. The average Bonchev–Trinajstić information content (AvgIpc) is 3.13. The summed E-state index contributed by atoms with van der Waals surface area (Å²) in [6.07, 6.45) is -3.47. The molecule has 1 aliphatic heterocycles. The summed E-state index contributed by atoms with van der Waals surface area (Å²) in [7, 11) is 3.26. The Labute approximate surface area is 193 Å². The zero-order valence-electron chi connectivity index (χ0n) is 18.3. The lowest BCUT2D eigenvalue weighted by Gasteiger charge is -2.19. The van der Waals surface area contributed by atoms with Gasteiger partial charge in [-0.3, -0.25) is 0 Å². The molecule has 1 aliphatic rings. The maximum absolute atomic E-state index is 14.7. The Morgan fingerprint density at radius 1 is 1.15 bits per heavy atom. The molecule has 0 radical (unpaired) electrons. The first-order valence-corrected chi connectivity index (χ1v) is 10.3. The highest BCUT2D eigenvalue weighted by Crippen LogP contribution is 2.32. The third-order valence-corrected chi connectivity index (χ3v) is 5.58. The highest BCUT2D eigenvalue weighted by molar-refractivity contribution is 5.69. The quantitative estimate of drug-likeness (QED) is 0.422. The molecule has 3 aromatic rings. The van der Waals surface area contributed by atoms with Gasteiger partial charge in [0.25, 0.3) is 0 Å². The maximum Gasteiger partial charge on any atom is 0.417 e. The predicted octanol–water partition coefficient (Wildman–Crippen LogP) is 5.79. The van der Waals surface area contributed by atoms with E-state index in [1.807, 2.05) is 12.1 Å². The van der Waals surface area contributed by atoms with Crippen LogP contribution in [-0.4, -0.2) is 42.7 Å². The van der Waals surface area contributed by atoms with Crippen molar-refractivity contribution in [1.29, 1.82) is 0 Å². The molecule has 1 atom stereocenters. The molecule has 4 rings (SSSR count). The van der Waals surface area contributed by atoms with Gasteiger partial charge in [-0.25, -0.2) is 14.2 Å². The van der Waals surface area contributed by atoms with Crippen molar-refractivity contribution < 1.29 is 31.8 Å². The number of ether oxygens (including phenoxy) is 2. The highest BCUT2D eigenvalue weighted by atomic mass is 19.4. The van der Waals surface area contributed by atoms with Gasteiger partial charge in [0.15, 0.2) is 11.6 Å². The van der Waals surface area contributed by atoms with Crippen molar-refractivity contribution in [1.82, 2.24) is 9.88 Å². The molecular formula is C24H21F4N3O3. The summed E-state index contributed by atoms with van der Waals surface area (Å²) in [5, 5.41) is 0. The van der Waals surface area contributed by atoms with Gasteiger partial charge in [-0.05, 0) is 48.4 Å². The Bertz CT molecular complexity index is 1170. The van der Waals surface area contributed by atoms with Gasteiger partial charge < -0.3 is 19.3 Å². The lowest BCUT2D eigenvalue weighted by atomic mass is 10.1. The van der Waals surface area contributed by atoms with E-state index in [4.69, 9.17) is 9.47 Å². The van der Waals surface area contributed by atoms with Crippen molar-refractivity contribution in [2.24, 2.45) is 0 Å². The zero-order valence-corrected chi connectivity index (χ0v) is 18.3. The number of nitrogens with zero attached hydrogens (tertiary/aromatic N) is 3. The van der Waals surface area contributed by atoms with E-state index in [9.17, 15) is 22.4 Å². The van der Waals surface area contributed by atoms with E-state index in [1.54, 1.807) is 37.2 Å². The second kappa shape index (κ2) is 9.20. The van der Waals surface area contributed by atoms with Gasteiger partial charge in [-0.1, -0.05) is 12.1 Å². The number of cyclic esters (lactones) is 1. The van der Waals surface area contributed by atoms with Crippen molar-refractivity contribution in [3.63, 3.8) is 0 Å². The lowest BCUT2D eigenvalue weighted by Crippen LogP contribution is -2.30. The van der Waals surface area contributed by atoms with E-state index in [0.29, 0.717) is 24.5 Å². The SMILES string of the molecule is CN(c1ccc(Oc2ccc(CC3COC(=O)N3C)cc2)c(F)c1)c1ccc(C(F)(F)F)cn1. The number of amides is 1. The van der Waals surface area contributed by atoms with Crippen LogP contribution in [0.2, 0.25) is 0 Å². The van der Waals surface area contributed by atoms with Gasteiger partial charge in [0.1, 0.15) is 18.2 Å². The number of hydrogen-bond donors (Lipinski definition) is 0. The third-order valence-electron chi connectivity index (χ3n) is 5.58. The second-order valence-electron chi connectivity index (χ2n) is 7.87. The van der Waals surface area contributed by atoms with Gasteiger partial charge in [-0.2, -0.15) is 13.2 Å². The maximum atomic E-state index is 14.7. The second-order valence-corrected chi connectivity index (χ2v) is 7.87. The van der Waals surface area contributed by atoms with Gasteiger partial charge >= 0.3 is 12.3 Å². The summed E-state index contributed by atoms with van der Waals surface area (Å²) in [5.74, 6) is 0.0281. The van der Waals surface area contributed by atoms with Crippen LogP contribution < -0.4 is 9.64 Å². The van der Waals surface area contributed by atoms with Crippen LogP contribution in [0.15, 0.2) is 60.8 Å². The average molecular weight is 475 g/mol. The Hall–Kier alpha value is -3.82. The molecule has 178 valence electrons. The Balaban J connectivity index is 1.41. The lowest BCUT2D eigenvalue weighted by molar-refractivity contribution is -0.137. The van der Waals surface area contributed by atoms with Crippen LogP contribution in [0, 0.1) is 5.82 Å². The Morgan fingerprint density at radius 3 is 2.44 bits per heavy atom. The predicted molar refractivity (Wildman–Crippen MR) is 117 cm³/mol. The summed E-state index contributed by atoms with van der Waals surface area (Å²) in [4.78, 5) is 18.3. The first kappa shape index (κ1) is 23.3. The number of carbonyl (C=O) groups is 1. The molecule has 1 saturated heterocycles. The highest BCUT2D eigenvalue weighted by Gasteiger charge is 2.31. The van der Waals surface area contributed by atoms with Gasteiger partial charge in [0.05, 0.1) is 11.6 Å². The largest absolute Gasteiger partial charge is 0.454 e. The summed E-state index contributed by atoms with van der Waals surface area (Å²) >= 11 is 0. The van der Waals surface area contributed by atoms with E-state index in [-0.39, 0.29) is 23.7 Å².